The minimum atomic E-state index is -0.185. The minimum absolute atomic E-state index is 0.185. The maximum Gasteiger partial charge on any atom is 0.118 e. The van der Waals surface area contributed by atoms with E-state index >= 15 is 0 Å². The van der Waals surface area contributed by atoms with E-state index in [0.717, 1.165) is 45.4 Å². The fraction of sp³-hybridized carbons (Fsp3) is 0.200. The Labute approximate surface area is 171 Å². The van der Waals surface area contributed by atoms with Crippen molar-refractivity contribution in [2.24, 2.45) is 0 Å². The molecule has 0 bridgehead atoms. The lowest BCUT2D eigenvalue weighted by Crippen LogP contribution is -2.20. The number of benzene rings is 2. The van der Waals surface area contributed by atoms with E-state index in [1.165, 1.54) is 0 Å². The molecule has 0 amide bonds. The van der Waals surface area contributed by atoms with E-state index in [2.05, 4.69) is 72.3 Å². The molecule has 0 aliphatic rings. The van der Waals surface area contributed by atoms with Gasteiger partial charge in [0.05, 0.1) is 14.2 Å². The van der Waals surface area contributed by atoms with Gasteiger partial charge in [0.25, 0.3) is 0 Å². The summed E-state index contributed by atoms with van der Waals surface area (Å²) >= 11 is 0. The summed E-state index contributed by atoms with van der Waals surface area (Å²) in [7, 11) is 3.36. The van der Waals surface area contributed by atoms with Crippen molar-refractivity contribution >= 4 is 0 Å². The Hall–Kier alpha value is -3.40. The van der Waals surface area contributed by atoms with Gasteiger partial charge in [-0.3, -0.25) is 0 Å². The predicted molar refractivity (Wildman–Crippen MR) is 118 cm³/mol. The van der Waals surface area contributed by atoms with E-state index in [1.54, 1.807) is 14.2 Å². The largest absolute Gasteiger partial charge is 0.497 e. The van der Waals surface area contributed by atoms with Crippen molar-refractivity contribution in [3.05, 3.63) is 84.2 Å². The van der Waals surface area contributed by atoms with Crippen LogP contribution in [0.2, 0.25) is 0 Å². The molecule has 0 spiro atoms. The number of methoxy groups -OCH3 is 2. The molecule has 4 heteroatoms. The number of rotatable bonds is 6. The molecule has 4 nitrogen and oxygen atoms in total. The molecule has 0 aliphatic heterocycles. The van der Waals surface area contributed by atoms with Gasteiger partial charge >= 0.3 is 0 Å². The van der Waals surface area contributed by atoms with E-state index in [9.17, 15) is 0 Å². The Morgan fingerprint density at radius 3 is 1.28 bits per heavy atom. The first-order valence-electron chi connectivity index (χ1n) is 9.69. The van der Waals surface area contributed by atoms with Gasteiger partial charge in [0.2, 0.25) is 0 Å². The molecule has 0 fully saturated rings. The maximum absolute atomic E-state index is 5.25. The highest BCUT2D eigenvalue weighted by Gasteiger charge is 2.26. The topological polar surface area (TPSA) is 50.0 Å². The van der Waals surface area contributed by atoms with E-state index in [4.69, 9.17) is 9.47 Å². The molecular weight excluding hydrogens is 360 g/mol. The quantitative estimate of drug-likeness (QED) is 0.426. The SMILES string of the molecule is COc1ccc(-c2ccc(C(C)(C)c3ccc(-c4ccc(OC)cc4)[nH]3)[nH]2)cc1. The monoisotopic (exact) mass is 386 g/mol. The fourth-order valence-electron chi connectivity index (χ4n) is 3.54. The maximum atomic E-state index is 5.25. The number of ether oxygens (including phenoxy) is 2. The van der Waals surface area contributed by atoms with Gasteiger partial charge in [0.1, 0.15) is 11.5 Å². The third-order valence-electron chi connectivity index (χ3n) is 5.52. The van der Waals surface area contributed by atoms with Crippen LogP contribution < -0.4 is 9.47 Å². The zero-order valence-corrected chi connectivity index (χ0v) is 17.2. The lowest BCUT2D eigenvalue weighted by molar-refractivity contribution is 0.415. The Bertz CT molecular complexity index is 999. The summed E-state index contributed by atoms with van der Waals surface area (Å²) in [6.45, 7) is 4.44. The Morgan fingerprint density at radius 2 is 0.931 bits per heavy atom. The summed E-state index contributed by atoms with van der Waals surface area (Å²) in [5, 5.41) is 0. The van der Waals surface area contributed by atoms with Crippen molar-refractivity contribution in [1.29, 1.82) is 0 Å². The van der Waals surface area contributed by atoms with Crippen molar-refractivity contribution in [2.75, 3.05) is 14.2 Å². The standard InChI is InChI=1S/C25H26N2O2/c1-25(2,23-15-13-21(26-23)17-5-9-19(28-3)10-6-17)24-16-14-22(27-24)18-7-11-20(29-4)12-8-18/h5-16,26-27H,1-4H3. The Morgan fingerprint density at radius 1 is 0.552 bits per heavy atom. The lowest BCUT2D eigenvalue weighted by Gasteiger charge is -2.22. The number of aromatic amines is 2. The first kappa shape index (κ1) is 18.9. The molecule has 2 heterocycles. The zero-order valence-electron chi connectivity index (χ0n) is 17.2. The lowest BCUT2D eigenvalue weighted by atomic mass is 9.86. The van der Waals surface area contributed by atoms with E-state index in [1.807, 2.05) is 24.3 Å². The normalized spacial score (nSPS) is 11.4. The Kier molecular flexibility index (Phi) is 4.93. The smallest absolute Gasteiger partial charge is 0.118 e. The molecule has 148 valence electrons. The summed E-state index contributed by atoms with van der Waals surface area (Å²) in [5.74, 6) is 1.72. The molecule has 0 saturated heterocycles. The molecule has 0 atom stereocenters. The zero-order chi connectivity index (χ0) is 20.4. The molecule has 4 aromatic rings. The molecule has 0 radical (unpaired) electrons. The van der Waals surface area contributed by atoms with Gasteiger partial charge in [-0.05, 0) is 97.8 Å². The third kappa shape index (κ3) is 3.66. The van der Waals surface area contributed by atoms with Crippen LogP contribution in [-0.4, -0.2) is 24.2 Å². The van der Waals surface area contributed by atoms with Crippen LogP contribution in [0.5, 0.6) is 11.5 Å². The third-order valence-corrected chi connectivity index (χ3v) is 5.52. The van der Waals surface area contributed by atoms with Crippen molar-refractivity contribution in [3.8, 4) is 34.0 Å². The van der Waals surface area contributed by atoms with Crippen LogP contribution in [0.25, 0.3) is 22.5 Å². The van der Waals surface area contributed by atoms with Crippen LogP contribution in [-0.2, 0) is 5.41 Å². The van der Waals surface area contributed by atoms with Crippen molar-refractivity contribution < 1.29 is 9.47 Å². The summed E-state index contributed by atoms with van der Waals surface area (Å²) in [6, 6.07) is 24.8. The molecule has 2 aromatic heterocycles. The number of aromatic nitrogens is 2. The average Bonchev–Trinajstić information content (AvgIpc) is 3.45. The van der Waals surface area contributed by atoms with Gasteiger partial charge in [-0.2, -0.15) is 0 Å². The van der Waals surface area contributed by atoms with Crippen LogP contribution in [0.4, 0.5) is 0 Å². The second kappa shape index (κ2) is 7.55. The first-order chi connectivity index (χ1) is 14.0. The molecule has 29 heavy (non-hydrogen) atoms. The molecule has 0 aliphatic carbocycles. The first-order valence-corrected chi connectivity index (χ1v) is 9.69. The Balaban J connectivity index is 1.60. The van der Waals surface area contributed by atoms with Crippen LogP contribution in [0.1, 0.15) is 25.2 Å². The highest BCUT2D eigenvalue weighted by Crippen LogP contribution is 2.34. The van der Waals surface area contributed by atoms with E-state index in [0.29, 0.717) is 0 Å². The highest BCUT2D eigenvalue weighted by molar-refractivity contribution is 5.63. The second-order valence-electron chi connectivity index (χ2n) is 7.65. The minimum Gasteiger partial charge on any atom is -0.497 e. The highest BCUT2D eigenvalue weighted by atomic mass is 16.5. The average molecular weight is 386 g/mol. The van der Waals surface area contributed by atoms with Crippen LogP contribution in [0.3, 0.4) is 0 Å². The van der Waals surface area contributed by atoms with Gasteiger partial charge in [-0.15, -0.1) is 0 Å². The van der Waals surface area contributed by atoms with Crippen molar-refractivity contribution in [2.45, 2.75) is 19.3 Å². The van der Waals surface area contributed by atoms with Crippen molar-refractivity contribution in [3.63, 3.8) is 0 Å². The predicted octanol–water partition coefficient (Wildman–Crippen LogP) is 6.02. The molecule has 2 N–H and O–H groups in total. The van der Waals surface area contributed by atoms with E-state index < -0.39 is 0 Å². The summed E-state index contributed by atoms with van der Waals surface area (Å²) in [6.07, 6.45) is 0. The molecular formula is C25H26N2O2. The van der Waals surface area contributed by atoms with Crippen LogP contribution in [0.15, 0.2) is 72.8 Å². The van der Waals surface area contributed by atoms with Gasteiger partial charge in [-0.25, -0.2) is 0 Å². The summed E-state index contributed by atoms with van der Waals surface area (Å²) in [5.41, 5.74) is 6.60. The van der Waals surface area contributed by atoms with Crippen molar-refractivity contribution in [1.82, 2.24) is 9.97 Å². The second-order valence-corrected chi connectivity index (χ2v) is 7.65. The van der Waals surface area contributed by atoms with Gasteiger partial charge in [-0.1, -0.05) is 0 Å². The molecule has 4 rings (SSSR count). The van der Waals surface area contributed by atoms with Crippen LogP contribution in [0, 0.1) is 0 Å². The number of hydrogen-bond donors (Lipinski definition) is 2. The van der Waals surface area contributed by atoms with Gasteiger partial charge < -0.3 is 19.4 Å². The fourth-order valence-corrected chi connectivity index (χ4v) is 3.54. The number of hydrogen-bond acceptors (Lipinski definition) is 2. The van der Waals surface area contributed by atoms with Gasteiger partial charge in [0.15, 0.2) is 0 Å². The van der Waals surface area contributed by atoms with Crippen LogP contribution >= 0.6 is 0 Å². The summed E-state index contributed by atoms with van der Waals surface area (Å²) in [4.78, 5) is 7.18. The summed E-state index contributed by atoms with van der Waals surface area (Å²) < 4.78 is 10.5. The molecule has 0 saturated carbocycles. The number of nitrogens with one attached hydrogen (secondary N) is 2. The molecule has 0 unspecified atom stereocenters. The van der Waals surface area contributed by atoms with Gasteiger partial charge in [0, 0.05) is 28.2 Å². The van der Waals surface area contributed by atoms with E-state index in [-0.39, 0.29) is 5.41 Å². The molecule has 2 aromatic carbocycles. The number of H-pyrrole nitrogens is 2.